The number of rotatable bonds is 4. The lowest BCUT2D eigenvalue weighted by Crippen LogP contribution is -2.38. The molecule has 1 saturated heterocycles. The van der Waals surface area contributed by atoms with Crippen molar-refractivity contribution in [2.45, 2.75) is 37.8 Å². The van der Waals surface area contributed by atoms with Gasteiger partial charge in [-0.1, -0.05) is 12.1 Å². The van der Waals surface area contributed by atoms with Crippen molar-refractivity contribution in [1.29, 1.82) is 0 Å². The van der Waals surface area contributed by atoms with Crippen LogP contribution in [0.3, 0.4) is 0 Å². The molecule has 3 atom stereocenters. The number of hydrogen-bond donors (Lipinski definition) is 2. The predicted molar refractivity (Wildman–Crippen MR) is 111 cm³/mol. The maximum Gasteiger partial charge on any atom is 0.328 e. The van der Waals surface area contributed by atoms with Gasteiger partial charge in [-0.05, 0) is 53.8 Å². The summed E-state index contributed by atoms with van der Waals surface area (Å²) >= 11 is 1.38. The van der Waals surface area contributed by atoms with E-state index in [4.69, 9.17) is 4.74 Å². The lowest BCUT2D eigenvalue weighted by Gasteiger charge is -2.31. The van der Waals surface area contributed by atoms with Gasteiger partial charge in [0.05, 0.1) is 12.6 Å². The standard InChI is InChI=1S/C21H23N3O3S/c1-27-18-4-2-3-12-14(18)6-5-13-15(12)11-22-16(13)7-9-24-20(25)19-17(8-10-28-19)23-21(24)26/h2-4,8,10,13,15-16,22H,5-7,9,11H2,1H3,(H,23,26)/t13-,15+,16?/m1/s1. The molecule has 146 valence electrons. The van der Waals surface area contributed by atoms with Gasteiger partial charge in [-0.2, -0.15) is 0 Å². The van der Waals surface area contributed by atoms with Crippen LogP contribution in [0, 0.1) is 5.92 Å². The first-order chi connectivity index (χ1) is 13.7. The van der Waals surface area contributed by atoms with Crippen molar-refractivity contribution in [2.24, 2.45) is 5.92 Å². The summed E-state index contributed by atoms with van der Waals surface area (Å²) in [5.74, 6) is 1.99. The lowest BCUT2D eigenvalue weighted by atomic mass is 9.74. The van der Waals surface area contributed by atoms with Crippen molar-refractivity contribution in [3.8, 4) is 5.75 Å². The van der Waals surface area contributed by atoms with Crippen molar-refractivity contribution >= 4 is 21.6 Å². The summed E-state index contributed by atoms with van der Waals surface area (Å²) in [4.78, 5) is 27.8. The van der Waals surface area contributed by atoms with Crippen molar-refractivity contribution in [3.05, 3.63) is 61.6 Å². The predicted octanol–water partition coefficient (Wildman–Crippen LogP) is 2.47. The summed E-state index contributed by atoms with van der Waals surface area (Å²) in [7, 11) is 1.73. The van der Waals surface area contributed by atoms with Gasteiger partial charge in [-0.15, -0.1) is 11.3 Å². The average molecular weight is 398 g/mol. The second-order valence-electron chi connectivity index (χ2n) is 7.69. The van der Waals surface area contributed by atoms with Crippen LogP contribution in [0.4, 0.5) is 0 Å². The van der Waals surface area contributed by atoms with Crippen molar-refractivity contribution < 1.29 is 4.74 Å². The second-order valence-corrected chi connectivity index (χ2v) is 8.61. The minimum absolute atomic E-state index is 0.179. The zero-order valence-corrected chi connectivity index (χ0v) is 16.6. The highest BCUT2D eigenvalue weighted by atomic mass is 32.1. The molecule has 2 aromatic heterocycles. The molecule has 1 aliphatic carbocycles. The molecule has 0 amide bonds. The number of aromatic amines is 1. The van der Waals surface area contributed by atoms with Crippen LogP contribution in [0.1, 0.15) is 29.9 Å². The first-order valence-corrected chi connectivity index (χ1v) is 10.6. The quantitative estimate of drug-likeness (QED) is 0.709. The molecule has 2 aliphatic rings. The summed E-state index contributed by atoms with van der Waals surface area (Å²) in [5, 5.41) is 5.49. The van der Waals surface area contributed by atoms with E-state index in [1.807, 2.05) is 11.4 Å². The summed E-state index contributed by atoms with van der Waals surface area (Å²) in [6.07, 6.45) is 2.89. The number of H-pyrrole nitrogens is 1. The maximum absolute atomic E-state index is 12.7. The Balaban J connectivity index is 1.37. The monoisotopic (exact) mass is 397 g/mol. The van der Waals surface area contributed by atoms with Crippen LogP contribution in [-0.2, 0) is 13.0 Å². The molecule has 5 rings (SSSR count). The molecular formula is C21H23N3O3S. The number of fused-ring (bicyclic) bond motifs is 4. The van der Waals surface area contributed by atoms with E-state index in [2.05, 4.69) is 22.4 Å². The fourth-order valence-electron chi connectivity index (χ4n) is 5.06. The Morgan fingerprint density at radius 2 is 2.18 bits per heavy atom. The molecule has 1 aromatic carbocycles. The van der Waals surface area contributed by atoms with Crippen molar-refractivity contribution in [1.82, 2.24) is 14.9 Å². The van der Waals surface area contributed by atoms with Gasteiger partial charge >= 0.3 is 5.69 Å². The Bertz CT molecular complexity index is 1150. The Hall–Kier alpha value is -2.38. The molecule has 2 N–H and O–H groups in total. The Morgan fingerprint density at radius 1 is 1.29 bits per heavy atom. The summed E-state index contributed by atoms with van der Waals surface area (Å²) in [6.45, 7) is 1.37. The molecule has 0 radical (unpaired) electrons. The average Bonchev–Trinajstić information content (AvgIpc) is 3.34. The summed E-state index contributed by atoms with van der Waals surface area (Å²) in [5.41, 5.74) is 2.87. The highest BCUT2D eigenvalue weighted by molar-refractivity contribution is 7.17. The molecule has 6 nitrogen and oxygen atoms in total. The number of ether oxygens (including phenoxy) is 1. The molecule has 1 fully saturated rings. The molecule has 0 saturated carbocycles. The van der Waals surface area contributed by atoms with E-state index in [0.29, 0.717) is 34.6 Å². The largest absolute Gasteiger partial charge is 0.496 e. The summed E-state index contributed by atoms with van der Waals surface area (Å²) in [6, 6.07) is 8.43. The molecule has 3 heterocycles. The number of hydrogen-bond acceptors (Lipinski definition) is 5. The smallest absolute Gasteiger partial charge is 0.328 e. The lowest BCUT2D eigenvalue weighted by molar-refractivity contribution is 0.337. The number of nitrogens with one attached hydrogen (secondary N) is 2. The van der Waals surface area contributed by atoms with Gasteiger partial charge in [0.1, 0.15) is 10.4 Å². The molecule has 1 unspecified atom stereocenters. The van der Waals surface area contributed by atoms with Crippen LogP contribution >= 0.6 is 11.3 Å². The Labute approximate surface area is 166 Å². The molecular weight excluding hydrogens is 374 g/mol. The van der Waals surface area contributed by atoms with E-state index in [0.717, 1.165) is 31.6 Å². The van der Waals surface area contributed by atoms with E-state index in [1.165, 1.54) is 27.0 Å². The van der Waals surface area contributed by atoms with Gasteiger partial charge in [-0.3, -0.25) is 9.36 Å². The number of methoxy groups -OCH3 is 1. The first-order valence-electron chi connectivity index (χ1n) is 9.77. The van der Waals surface area contributed by atoms with Crippen LogP contribution in [0.5, 0.6) is 5.75 Å². The first kappa shape index (κ1) is 17.7. The molecule has 0 bridgehead atoms. The molecule has 3 aromatic rings. The molecule has 1 aliphatic heterocycles. The fraction of sp³-hybridized carbons (Fsp3) is 0.429. The van der Waals surface area contributed by atoms with Crippen LogP contribution in [0.15, 0.2) is 39.2 Å². The number of aromatic nitrogens is 2. The van der Waals surface area contributed by atoms with Gasteiger partial charge in [0.25, 0.3) is 5.56 Å². The number of nitrogens with zero attached hydrogens (tertiary/aromatic N) is 1. The minimum Gasteiger partial charge on any atom is -0.496 e. The third-order valence-corrected chi connectivity index (χ3v) is 7.31. The SMILES string of the molecule is COc1cccc2c1CC[C@H]1C(CCn3c(=O)[nH]c4ccsc4c3=O)NC[C@@H]21. The van der Waals surface area contributed by atoms with Gasteiger partial charge in [-0.25, -0.2) is 4.79 Å². The van der Waals surface area contributed by atoms with Gasteiger partial charge in [0, 0.05) is 25.0 Å². The zero-order valence-electron chi connectivity index (χ0n) is 15.7. The van der Waals surface area contributed by atoms with E-state index in [-0.39, 0.29) is 11.2 Å². The highest BCUT2D eigenvalue weighted by Gasteiger charge is 2.40. The third kappa shape index (κ3) is 2.72. The zero-order chi connectivity index (χ0) is 19.3. The van der Waals surface area contributed by atoms with Crippen LogP contribution in [0.25, 0.3) is 10.2 Å². The number of benzene rings is 1. The van der Waals surface area contributed by atoms with E-state index < -0.39 is 0 Å². The Kier molecular flexibility index (Phi) is 4.36. The van der Waals surface area contributed by atoms with Crippen molar-refractivity contribution in [3.63, 3.8) is 0 Å². The summed E-state index contributed by atoms with van der Waals surface area (Å²) < 4.78 is 7.53. The van der Waals surface area contributed by atoms with Gasteiger partial charge in [0.15, 0.2) is 0 Å². The normalized spacial score (nSPS) is 23.5. The van der Waals surface area contributed by atoms with E-state index in [9.17, 15) is 9.59 Å². The van der Waals surface area contributed by atoms with Crippen LogP contribution < -0.4 is 21.3 Å². The number of thiophene rings is 1. The maximum atomic E-state index is 12.7. The Morgan fingerprint density at radius 3 is 3.04 bits per heavy atom. The van der Waals surface area contributed by atoms with Crippen LogP contribution in [-0.4, -0.2) is 29.2 Å². The topological polar surface area (TPSA) is 76.1 Å². The molecule has 28 heavy (non-hydrogen) atoms. The third-order valence-electron chi connectivity index (χ3n) is 6.41. The second kappa shape index (κ2) is 6.90. The van der Waals surface area contributed by atoms with Gasteiger partial charge in [0.2, 0.25) is 0 Å². The molecule has 7 heteroatoms. The highest BCUT2D eigenvalue weighted by Crippen LogP contribution is 2.44. The van der Waals surface area contributed by atoms with Crippen molar-refractivity contribution in [2.75, 3.05) is 13.7 Å². The van der Waals surface area contributed by atoms with Gasteiger partial charge < -0.3 is 15.0 Å². The molecule has 0 spiro atoms. The van der Waals surface area contributed by atoms with E-state index >= 15 is 0 Å². The minimum atomic E-state index is -0.316. The van der Waals surface area contributed by atoms with Crippen LogP contribution in [0.2, 0.25) is 0 Å². The van der Waals surface area contributed by atoms with E-state index in [1.54, 1.807) is 13.2 Å². The fourth-order valence-corrected chi connectivity index (χ4v) is 5.86.